The van der Waals surface area contributed by atoms with Crippen molar-refractivity contribution >= 4 is 0 Å². The zero-order chi connectivity index (χ0) is 8.60. The Kier molecular flexibility index (Phi) is 2.13. The minimum absolute atomic E-state index is 0.387. The number of hydrogen-bond acceptors (Lipinski definition) is 2. The van der Waals surface area contributed by atoms with Crippen molar-refractivity contribution in [3.8, 4) is 0 Å². The number of aliphatic hydroxyl groups excluding tert-OH is 1. The first-order valence-corrected chi connectivity index (χ1v) is 5.11. The highest BCUT2D eigenvalue weighted by Crippen LogP contribution is 2.52. The SMILES string of the molecule is CCN1CC2(CC(CCO)C2)C1. The van der Waals surface area contributed by atoms with Crippen LogP contribution in [0.25, 0.3) is 0 Å². The molecule has 2 aliphatic rings. The molecule has 0 unspecified atom stereocenters. The molecule has 1 spiro atoms. The summed E-state index contributed by atoms with van der Waals surface area (Å²) in [6.45, 7) is 6.48. The molecule has 70 valence electrons. The summed E-state index contributed by atoms with van der Waals surface area (Å²) in [5.74, 6) is 0.842. The van der Waals surface area contributed by atoms with Crippen LogP contribution in [-0.4, -0.2) is 36.2 Å². The highest BCUT2D eigenvalue weighted by Gasteiger charge is 2.50. The van der Waals surface area contributed by atoms with Crippen LogP contribution < -0.4 is 0 Å². The lowest BCUT2D eigenvalue weighted by molar-refractivity contribution is -0.0958. The van der Waals surface area contributed by atoms with Crippen molar-refractivity contribution in [1.29, 1.82) is 0 Å². The van der Waals surface area contributed by atoms with Crippen LogP contribution in [0.5, 0.6) is 0 Å². The van der Waals surface area contributed by atoms with Gasteiger partial charge in [-0.25, -0.2) is 0 Å². The molecule has 0 bridgehead atoms. The molecule has 1 aliphatic carbocycles. The van der Waals surface area contributed by atoms with E-state index in [1.54, 1.807) is 0 Å². The highest BCUT2D eigenvalue weighted by molar-refractivity contribution is 5.03. The second kappa shape index (κ2) is 3.00. The summed E-state index contributed by atoms with van der Waals surface area (Å²) in [5, 5.41) is 8.75. The number of nitrogens with zero attached hydrogens (tertiary/aromatic N) is 1. The molecule has 0 aromatic rings. The van der Waals surface area contributed by atoms with Crippen molar-refractivity contribution in [2.75, 3.05) is 26.2 Å². The topological polar surface area (TPSA) is 23.5 Å². The van der Waals surface area contributed by atoms with E-state index in [0.717, 1.165) is 12.3 Å². The molecule has 2 fully saturated rings. The largest absolute Gasteiger partial charge is 0.396 e. The summed E-state index contributed by atoms with van der Waals surface area (Å²) in [6.07, 6.45) is 3.79. The van der Waals surface area contributed by atoms with E-state index in [2.05, 4.69) is 11.8 Å². The van der Waals surface area contributed by atoms with Gasteiger partial charge < -0.3 is 10.0 Å². The smallest absolute Gasteiger partial charge is 0.0433 e. The lowest BCUT2D eigenvalue weighted by atomic mass is 9.57. The molecule has 2 rings (SSSR count). The van der Waals surface area contributed by atoms with Gasteiger partial charge in [-0.2, -0.15) is 0 Å². The van der Waals surface area contributed by atoms with Crippen LogP contribution >= 0.6 is 0 Å². The predicted octanol–water partition coefficient (Wildman–Crippen LogP) is 1.10. The molecule has 0 aromatic carbocycles. The summed E-state index contributed by atoms with van der Waals surface area (Å²) in [7, 11) is 0. The monoisotopic (exact) mass is 169 g/mol. The maximum Gasteiger partial charge on any atom is 0.0433 e. The Hall–Kier alpha value is -0.0800. The van der Waals surface area contributed by atoms with E-state index in [1.807, 2.05) is 0 Å². The van der Waals surface area contributed by atoms with E-state index >= 15 is 0 Å². The number of rotatable bonds is 3. The van der Waals surface area contributed by atoms with Crippen LogP contribution in [0, 0.1) is 11.3 Å². The first-order valence-electron chi connectivity index (χ1n) is 5.11. The van der Waals surface area contributed by atoms with Gasteiger partial charge in [-0.3, -0.25) is 0 Å². The van der Waals surface area contributed by atoms with Crippen LogP contribution in [-0.2, 0) is 0 Å². The van der Waals surface area contributed by atoms with Crippen molar-refractivity contribution in [2.45, 2.75) is 26.2 Å². The Bertz CT molecular complexity index is 155. The van der Waals surface area contributed by atoms with Crippen molar-refractivity contribution in [2.24, 2.45) is 11.3 Å². The lowest BCUT2D eigenvalue weighted by Gasteiger charge is -2.59. The van der Waals surface area contributed by atoms with Crippen molar-refractivity contribution in [1.82, 2.24) is 4.90 Å². The lowest BCUT2D eigenvalue weighted by Crippen LogP contribution is -2.61. The maximum absolute atomic E-state index is 8.75. The zero-order valence-corrected chi connectivity index (χ0v) is 7.92. The summed E-state index contributed by atoms with van der Waals surface area (Å²) in [4.78, 5) is 2.51. The Balaban J connectivity index is 1.69. The summed E-state index contributed by atoms with van der Waals surface area (Å²) in [5.41, 5.74) is 0.704. The second-order valence-electron chi connectivity index (χ2n) is 4.59. The molecule has 1 heterocycles. The summed E-state index contributed by atoms with van der Waals surface area (Å²) < 4.78 is 0. The number of likely N-dealkylation sites (tertiary alicyclic amines) is 1. The molecule has 1 saturated carbocycles. The Labute approximate surface area is 74.6 Å². The van der Waals surface area contributed by atoms with Crippen LogP contribution in [0.15, 0.2) is 0 Å². The van der Waals surface area contributed by atoms with Crippen LogP contribution in [0.2, 0.25) is 0 Å². The summed E-state index contributed by atoms with van der Waals surface area (Å²) >= 11 is 0. The van der Waals surface area contributed by atoms with Crippen molar-refractivity contribution in [3.05, 3.63) is 0 Å². The van der Waals surface area contributed by atoms with Gasteiger partial charge in [-0.05, 0) is 37.1 Å². The number of aliphatic hydroxyl groups is 1. The Morgan fingerprint density at radius 1 is 1.42 bits per heavy atom. The van der Waals surface area contributed by atoms with E-state index in [4.69, 9.17) is 5.11 Å². The Morgan fingerprint density at radius 3 is 2.58 bits per heavy atom. The normalized spacial score (nSPS) is 28.5. The third-order valence-electron chi connectivity index (χ3n) is 3.55. The van der Waals surface area contributed by atoms with E-state index in [-0.39, 0.29) is 0 Å². The van der Waals surface area contributed by atoms with Gasteiger partial charge in [0.15, 0.2) is 0 Å². The van der Waals surface area contributed by atoms with Crippen LogP contribution in [0.4, 0.5) is 0 Å². The molecule has 0 aromatic heterocycles. The van der Waals surface area contributed by atoms with Gasteiger partial charge >= 0.3 is 0 Å². The van der Waals surface area contributed by atoms with Crippen molar-refractivity contribution in [3.63, 3.8) is 0 Å². The molecule has 1 saturated heterocycles. The van der Waals surface area contributed by atoms with Gasteiger partial charge in [0, 0.05) is 19.7 Å². The van der Waals surface area contributed by atoms with Gasteiger partial charge in [0.05, 0.1) is 0 Å². The molecular weight excluding hydrogens is 150 g/mol. The average Bonchev–Trinajstić information content (AvgIpc) is 1.91. The third-order valence-corrected chi connectivity index (χ3v) is 3.55. The second-order valence-corrected chi connectivity index (χ2v) is 4.59. The molecule has 2 heteroatoms. The maximum atomic E-state index is 8.75. The molecule has 1 N–H and O–H groups in total. The minimum atomic E-state index is 0.387. The fourth-order valence-corrected chi connectivity index (χ4v) is 2.94. The first-order chi connectivity index (χ1) is 5.78. The van der Waals surface area contributed by atoms with E-state index in [9.17, 15) is 0 Å². The quantitative estimate of drug-likeness (QED) is 0.684. The molecule has 12 heavy (non-hydrogen) atoms. The fraction of sp³-hybridized carbons (Fsp3) is 1.00. The van der Waals surface area contributed by atoms with Crippen molar-refractivity contribution < 1.29 is 5.11 Å². The fourth-order valence-electron chi connectivity index (χ4n) is 2.94. The van der Waals surface area contributed by atoms with E-state index in [0.29, 0.717) is 12.0 Å². The summed E-state index contributed by atoms with van der Waals surface area (Å²) in [6, 6.07) is 0. The van der Waals surface area contributed by atoms with Crippen LogP contribution in [0.3, 0.4) is 0 Å². The number of hydrogen-bond donors (Lipinski definition) is 1. The van der Waals surface area contributed by atoms with Gasteiger partial charge in [0.2, 0.25) is 0 Å². The highest BCUT2D eigenvalue weighted by atomic mass is 16.3. The van der Waals surface area contributed by atoms with Gasteiger partial charge in [-0.1, -0.05) is 6.92 Å². The minimum Gasteiger partial charge on any atom is -0.396 e. The van der Waals surface area contributed by atoms with E-state index in [1.165, 1.54) is 32.5 Å². The van der Waals surface area contributed by atoms with E-state index < -0.39 is 0 Å². The molecule has 0 amide bonds. The average molecular weight is 169 g/mol. The molecule has 2 nitrogen and oxygen atoms in total. The van der Waals surface area contributed by atoms with Crippen LogP contribution in [0.1, 0.15) is 26.2 Å². The Morgan fingerprint density at radius 2 is 2.08 bits per heavy atom. The zero-order valence-electron chi connectivity index (χ0n) is 7.92. The van der Waals surface area contributed by atoms with Gasteiger partial charge in [0.25, 0.3) is 0 Å². The predicted molar refractivity (Wildman–Crippen MR) is 49.0 cm³/mol. The van der Waals surface area contributed by atoms with Gasteiger partial charge in [-0.15, -0.1) is 0 Å². The molecule has 0 radical (unpaired) electrons. The first kappa shape index (κ1) is 8.52. The molecular formula is C10H19NO. The third kappa shape index (κ3) is 1.27. The van der Waals surface area contributed by atoms with Gasteiger partial charge in [0.1, 0.15) is 0 Å². The molecule has 1 aliphatic heterocycles. The standard InChI is InChI=1S/C10H19NO/c1-2-11-7-10(8-11)5-9(6-10)3-4-12/h9,12H,2-8H2,1H3. The molecule has 0 atom stereocenters.